The van der Waals surface area contributed by atoms with Crippen LogP contribution in [0.5, 0.6) is 5.75 Å². The second-order valence-electron chi connectivity index (χ2n) is 10.9. The number of anilines is 1. The molecule has 1 aromatic heterocycles. The number of halogens is 3. The quantitative estimate of drug-likeness (QED) is 0.218. The van der Waals surface area contributed by atoms with Gasteiger partial charge in [-0.05, 0) is 80.3 Å². The zero-order valence-corrected chi connectivity index (χ0v) is 26.1. The number of thiophene rings is 1. The molecule has 1 aliphatic carbocycles. The fourth-order valence-corrected chi connectivity index (χ4v) is 7.24. The molecule has 4 aromatic rings. The molecule has 2 amide bonds. The molecule has 226 valence electrons. The number of amides is 2. The average molecular weight is 626 g/mol. The summed E-state index contributed by atoms with van der Waals surface area (Å²) in [6.07, 6.45) is 3.34. The van der Waals surface area contributed by atoms with Crippen molar-refractivity contribution in [3.05, 3.63) is 81.7 Å². The highest BCUT2D eigenvalue weighted by Gasteiger charge is 2.33. The van der Waals surface area contributed by atoms with Crippen LogP contribution in [0, 0.1) is 11.6 Å². The lowest BCUT2D eigenvalue weighted by Gasteiger charge is -2.37. The fraction of sp³-hybridized carbons (Fsp3) is 0.333. The molecule has 5 rings (SSSR count). The third-order valence-corrected chi connectivity index (χ3v) is 10.0. The predicted molar refractivity (Wildman–Crippen MR) is 169 cm³/mol. The number of fused-ring (bicyclic) bond motifs is 1. The fourth-order valence-electron chi connectivity index (χ4n) is 5.73. The Morgan fingerprint density at radius 3 is 2.26 bits per heavy atom. The van der Waals surface area contributed by atoms with E-state index < -0.39 is 11.6 Å². The van der Waals surface area contributed by atoms with E-state index in [1.54, 1.807) is 24.0 Å². The molecule has 0 saturated heterocycles. The maximum absolute atomic E-state index is 14.7. The molecule has 0 unspecified atom stereocenters. The Morgan fingerprint density at radius 2 is 1.65 bits per heavy atom. The summed E-state index contributed by atoms with van der Waals surface area (Å²) < 4.78 is 35.1. The number of hydrogen-bond acceptors (Lipinski definition) is 5. The smallest absolute Gasteiger partial charge is 0.266 e. The van der Waals surface area contributed by atoms with Crippen LogP contribution < -0.4 is 15.0 Å². The van der Waals surface area contributed by atoms with Crippen molar-refractivity contribution in [2.45, 2.75) is 51.2 Å². The maximum Gasteiger partial charge on any atom is 0.266 e. The van der Waals surface area contributed by atoms with Gasteiger partial charge in [0.05, 0.1) is 22.2 Å². The van der Waals surface area contributed by atoms with E-state index in [4.69, 9.17) is 16.3 Å². The molecule has 1 fully saturated rings. The average Bonchev–Trinajstić information content (AvgIpc) is 3.39. The molecule has 43 heavy (non-hydrogen) atoms. The summed E-state index contributed by atoms with van der Waals surface area (Å²) in [6.45, 7) is 1.74. The summed E-state index contributed by atoms with van der Waals surface area (Å²) in [5.41, 5.74) is 3.44. The molecule has 0 radical (unpaired) electrons. The van der Waals surface area contributed by atoms with Crippen LogP contribution in [0.2, 0.25) is 5.02 Å². The van der Waals surface area contributed by atoms with Crippen molar-refractivity contribution >= 4 is 50.5 Å². The predicted octanol–water partition coefficient (Wildman–Crippen LogP) is 7.66. The molecule has 6 nitrogen and oxygen atoms in total. The molecular formula is C33H34ClF2N3O3S. The van der Waals surface area contributed by atoms with Crippen molar-refractivity contribution in [2.24, 2.45) is 0 Å². The Balaban J connectivity index is 1.53. The van der Waals surface area contributed by atoms with Gasteiger partial charge in [-0.25, -0.2) is 8.78 Å². The molecule has 0 atom stereocenters. The van der Waals surface area contributed by atoms with E-state index in [1.807, 2.05) is 49.5 Å². The molecule has 0 bridgehead atoms. The minimum absolute atomic E-state index is 0.0330. The Kier molecular flexibility index (Phi) is 9.34. The van der Waals surface area contributed by atoms with Gasteiger partial charge in [-0.15, -0.1) is 11.3 Å². The Bertz CT molecular complexity index is 1650. The molecule has 1 heterocycles. The van der Waals surface area contributed by atoms with Crippen molar-refractivity contribution in [2.75, 3.05) is 26.1 Å². The van der Waals surface area contributed by atoms with E-state index >= 15 is 0 Å². The maximum atomic E-state index is 14.7. The van der Waals surface area contributed by atoms with Gasteiger partial charge in [0.1, 0.15) is 22.3 Å². The normalized spacial score (nSPS) is 16.7. The second-order valence-corrected chi connectivity index (χ2v) is 12.3. The lowest BCUT2D eigenvalue weighted by atomic mass is 9.89. The summed E-state index contributed by atoms with van der Waals surface area (Å²) in [5, 5.41) is 3.20. The molecule has 1 aliphatic rings. The number of carbonyl (C=O) groups is 2. The summed E-state index contributed by atoms with van der Waals surface area (Å²) in [4.78, 5) is 29.5. The van der Waals surface area contributed by atoms with E-state index in [0.717, 1.165) is 71.5 Å². The van der Waals surface area contributed by atoms with Crippen LogP contribution in [0.1, 0.15) is 47.8 Å². The number of rotatable bonds is 8. The van der Waals surface area contributed by atoms with E-state index in [1.165, 1.54) is 6.92 Å². The van der Waals surface area contributed by atoms with Crippen molar-refractivity contribution in [1.29, 1.82) is 0 Å². The number of methoxy groups -OCH3 is 1. The lowest BCUT2D eigenvalue weighted by molar-refractivity contribution is -0.116. The largest absolute Gasteiger partial charge is 0.496 e. The number of benzene rings is 3. The van der Waals surface area contributed by atoms with Crippen molar-refractivity contribution < 1.29 is 23.1 Å². The number of hydrogen-bond donors (Lipinski definition) is 1. The van der Waals surface area contributed by atoms with Crippen LogP contribution in [0.4, 0.5) is 14.5 Å². The highest BCUT2D eigenvalue weighted by Crippen LogP contribution is 2.40. The van der Waals surface area contributed by atoms with Gasteiger partial charge in [0, 0.05) is 43.9 Å². The monoisotopic (exact) mass is 625 g/mol. The van der Waals surface area contributed by atoms with Crippen molar-refractivity contribution in [3.63, 3.8) is 0 Å². The van der Waals surface area contributed by atoms with Crippen LogP contribution in [0.25, 0.3) is 21.2 Å². The van der Waals surface area contributed by atoms with Crippen LogP contribution in [0.15, 0.2) is 54.6 Å². The summed E-state index contributed by atoms with van der Waals surface area (Å²) in [6, 6.07) is 15.8. The molecule has 0 spiro atoms. The Morgan fingerprint density at radius 1 is 1.00 bits per heavy atom. The molecular weight excluding hydrogens is 592 g/mol. The van der Waals surface area contributed by atoms with Gasteiger partial charge in [0.2, 0.25) is 5.91 Å². The first kappa shape index (κ1) is 30.9. The Hall–Kier alpha value is -3.53. The first-order chi connectivity index (χ1) is 20.6. The second kappa shape index (κ2) is 13.0. The zero-order valence-electron chi connectivity index (χ0n) is 24.5. The first-order valence-electron chi connectivity index (χ1n) is 14.2. The van der Waals surface area contributed by atoms with Gasteiger partial charge >= 0.3 is 0 Å². The highest BCUT2D eigenvalue weighted by molar-refractivity contribution is 7.21. The minimum Gasteiger partial charge on any atom is -0.496 e. The van der Waals surface area contributed by atoms with Crippen molar-refractivity contribution in [1.82, 2.24) is 10.2 Å². The summed E-state index contributed by atoms with van der Waals surface area (Å²) in [7, 11) is 5.25. The summed E-state index contributed by atoms with van der Waals surface area (Å²) >= 11 is 7.46. The molecule has 3 aromatic carbocycles. The molecule has 1 N–H and O–H groups in total. The van der Waals surface area contributed by atoms with E-state index in [-0.39, 0.29) is 44.4 Å². The van der Waals surface area contributed by atoms with Crippen LogP contribution in [-0.2, 0) is 11.3 Å². The zero-order chi connectivity index (χ0) is 30.8. The number of carbonyl (C=O) groups excluding carboxylic acids is 2. The van der Waals surface area contributed by atoms with E-state index in [9.17, 15) is 18.4 Å². The SMILES string of the molecule is CNC1CCC(N(Cc2cc(-c3ccc(N(C)C(C)=O)cc3)ccc2OC)C(=O)c2sc3c(F)ccc(F)c3c2Cl)CC1. The van der Waals surface area contributed by atoms with Gasteiger partial charge < -0.3 is 19.9 Å². The molecule has 10 heteroatoms. The van der Waals surface area contributed by atoms with Gasteiger partial charge in [-0.3, -0.25) is 9.59 Å². The van der Waals surface area contributed by atoms with Crippen LogP contribution in [0.3, 0.4) is 0 Å². The van der Waals surface area contributed by atoms with E-state index in [2.05, 4.69) is 5.32 Å². The lowest BCUT2D eigenvalue weighted by Crippen LogP contribution is -2.44. The van der Waals surface area contributed by atoms with Gasteiger partial charge in [0.25, 0.3) is 5.91 Å². The highest BCUT2D eigenvalue weighted by atomic mass is 35.5. The van der Waals surface area contributed by atoms with Gasteiger partial charge in [-0.1, -0.05) is 29.8 Å². The minimum atomic E-state index is -0.660. The Labute approximate surface area is 259 Å². The number of ether oxygens (including phenoxy) is 1. The van der Waals surface area contributed by atoms with Crippen LogP contribution in [-0.4, -0.2) is 50.0 Å². The number of nitrogens with zero attached hydrogens (tertiary/aromatic N) is 2. The third-order valence-electron chi connectivity index (χ3n) is 8.36. The van der Waals surface area contributed by atoms with Gasteiger partial charge in [0.15, 0.2) is 0 Å². The van der Waals surface area contributed by atoms with Crippen molar-refractivity contribution in [3.8, 4) is 16.9 Å². The summed E-state index contributed by atoms with van der Waals surface area (Å²) in [5.74, 6) is -1.07. The van der Waals surface area contributed by atoms with Crippen LogP contribution >= 0.6 is 22.9 Å². The van der Waals surface area contributed by atoms with Gasteiger partial charge in [-0.2, -0.15) is 0 Å². The standard InChI is InChI=1S/C33H34ClF2N3O3S/c1-19(40)38(3)24-10-5-20(6-11-24)21-7-16-28(42-4)22(17-21)18-39(25-12-8-23(37-2)9-13-25)33(41)32-30(34)29-26(35)14-15-27(36)31(29)43-32/h5-7,10-11,14-17,23,25,37H,8-9,12-13,18H2,1-4H3. The third kappa shape index (κ3) is 6.25. The first-order valence-corrected chi connectivity index (χ1v) is 15.4. The molecule has 1 saturated carbocycles. The molecule has 0 aliphatic heterocycles. The number of nitrogens with one attached hydrogen (secondary N) is 1. The van der Waals surface area contributed by atoms with E-state index in [0.29, 0.717) is 11.8 Å². The topological polar surface area (TPSA) is 61.9 Å².